The molecule has 0 aliphatic carbocycles. The number of carbonyl (C=O) groups excluding carboxylic acids is 1. The molecule has 0 N–H and O–H groups in total. The summed E-state index contributed by atoms with van der Waals surface area (Å²) in [6.07, 6.45) is -4.29. The molecule has 0 spiro atoms. The Morgan fingerprint density at radius 2 is 2.05 bits per heavy atom. The van der Waals surface area contributed by atoms with E-state index >= 15 is 0 Å². The summed E-state index contributed by atoms with van der Waals surface area (Å²) in [7, 11) is 0. The van der Waals surface area contributed by atoms with Crippen LogP contribution in [-0.4, -0.2) is 10.9 Å². The van der Waals surface area contributed by atoms with Crippen LogP contribution >= 0.6 is 11.8 Å². The van der Waals surface area contributed by atoms with Crippen molar-refractivity contribution in [2.75, 3.05) is 5.75 Å². The van der Waals surface area contributed by atoms with E-state index in [2.05, 4.69) is 11.8 Å². The van der Waals surface area contributed by atoms with Crippen molar-refractivity contribution in [2.45, 2.75) is 19.5 Å². The smallest absolute Gasteiger partial charge is 0.288 e. The third kappa shape index (κ3) is 5.35. The molecule has 0 aliphatic rings. The molecule has 0 amide bonds. The van der Waals surface area contributed by atoms with Gasteiger partial charge in [0.25, 0.3) is 0 Å². The first-order valence-electron chi connectivity index (χ1n) is 5.29. The molecule has 0 aromatic heterocycles. The molecule has 0 saturated heterocycles. The molecule has 0 unspecified atom stereocenters. The fraction of sp³-hybridized carbons (Fsp3) is 0.308. The van der Waals surface area contributed by atoms with Crippen molar-refractivity contribution in [3.05, 3.63) is 35.1 Å². The average molecular weight is 290 g/mol. The summed E-state index contributed by atoms with van der Waals surface area (Å²) in [6, 6.07) is 2.55. The number of benzene rings is 1. The highest BCUT2D eigenvalue weighted by atomic mass is 32.2. The summed E-state index contributed by atoms with van der Waals surface area (Å²) in [4.78, 5) is 10.6. The number of rotatable bonds is 2. The van der Waals surface area contributed by atoms with Gasteiger partial charge in [0.15, 0.2) is 5.12 Å². The van der Waals surface area contributed by atoms with Gasteiger partial charge in [0.1, 0.15) is 5.82 Å². The summed E-state index contributed by atoms with van der Waals surface area (Å²) in [5.74, 6) is 4.40. The van der Waals surface area contributed by atoms with Crippen molar-refractivity contribution < 1.29 is 22.4 Å². The second-order valence-corrected chi connectivity index (χ2v) is 4.86. The zero-order chi connectivity index (χ0) is 14.5. The molecule has 0 bridgehead atoms. The first-order valence-corrected chi connectivity index (χ1v) is 6.28. The Bertz CT molecular complexity index is 526. The van der Waals surface area contributed by atoms with Crippen LogP contribution in [-0.2, 0) is 11.0 Å². The van der Waals surface area contributed by atoms with E-state index in [-0.39, 0.29) is 10.7 Å². The van der Waals surface area contributed by atoms with E-state index < -0.39 is 17.6 Å². The van der Waals surface area contributed by atoms with E-state index in [4.69, 9.17) is 0 Å². The van der Waals surface area contributed by atoms with Gasteiger partial charge in [0, 0.05) is 24.7 Å². The first-order chi connectivity index (χ1) is 8.80. The maximum absolute atomic E-state index is 13.2. The van der Waals surface area contributed by atoms with Crippen LogP contribution in [0.2, 0.25) is 0 Å². The van der Waals surface area contributed by atoms with Crippen molar-refractivity contribution in [1.82, 2.24) is 0 Å². The molecular formula is C13H10F4OS. The van der Waals surface area contributed by atoms with Gasteiger partial charge in [-0.05, 0) is 18.2 Å². The summed E-state index contributed by atoms with van der Waals surface area (Å²) in [6.45, 7) is 1.43. The van der Waals surface area contributed by atoms with Crippen molar-refractivity contribution in [3.8, 4) is 11.8 Å². The van der Waals surface area contributed by atoms with E-state index in [0.29, 0.717) is 18.2 Å². The van der Waals surface area contributed by atoms with E-state index in [1.165, 1.54) is 6.92 Å². The van der Waals surface area contributed by atoms with Crippen LogP contribution in [0.3, 0.4) is 0 Å². The largest absolute Gasteiger partial charge is 0.419 e. The topological polar surface area (TPSA) is 17.1 Å². The minimum Gasteiger partial charge on any atom is -0.288 e. The minimum atomic E-state index is -4.70. The normalized spacial score (nSPS) is 10.8. The van der Waals surface area contributed by atoms with E-state index in [9.17, 15) is 22.4 Å². The summed E-state index contributed by atoms with van der Waals surface area (Å²) in [5, 5.41) is -0.0256. The molecule has 19 heavy (non-hydrogen) atoms. The summed E-state index contributed by atoms with van der Waals surface area (Å²) < 4.78 is 50.1. The SMILES string of the molecule is CC(=O)SCCC#Cc1ccc(C(F)(F)F)c(F)c1. The molecule has 1 nitrogen and oxygen atoms in total. The first kappa shape index (κ1) is 15.6. The molecule has 0 heterocycles. The zero-order valence-corrected chi connectivity index (χ0v) is 10.8. The van der Waals surface area contributed by atoms with Gasteiger partial charge in [0.05, 0.1) is 5.56 Å². The van der Waals surface area contributed by atoms with E-state index in [1.807, 2.05) is 0 Å². The van der Waals surface area contributed by atoms with Crippen molar-refractivity contribution in [3.63, 3.8) is 0 Å². The van der Waals surface area contributed by atoms with Crippen LogP contribution in [0, 0.1) is 17.7 Å². The highest BCUT2D eigenvalue weighted by Gasteiger charge is 2.33. The molecule has 102 valence electrons. The summed E-state index contributed by atoms with van der Waals surface area (Å²) >= 11 is 1.11. The standard InChI is InChI=1S/C13H10F4OS/c1-9(18)19-7-3-2-4-10-5-6-11(12(14)8-10)13(15,16)17/h5-6,8H,3,7H2,1H3. The zero-order valence-electron chi connectivity index (χ0n) is 9.97. The third-order valence-corrected chi connectivity index (χ3v) is 2.85. The molecule has 0 fully saturated rings. The van der Waals surface area contributed by atoms with Gasteiger partial charge in [-0.2, -0.15) is 13.2 Å². The lowest BCUT2D eigenvalue weighted by Crippen LogP contribution is -2.07. The molecule has 0 atom stereocenters. The fourth-order valence-electron chi connectivity index (χ4n) is 1.23. The predicted octanol–water partition coefficient (Wildman–Crippen LogP) is 3.87. The molecule has 0 saturated carbocycles. The Labute approximate surface area is 112 Å². The number of thioether (sulfide) groups is 1. The van der Waals surface area contributed by atoms with Crippen molar-refractivity contribution in [2.24, 2.45) is 0 Å². The lowest BCUT2D eigenvalue weighted by Gasteiger charge is -2.07. The van der Waals surface area contributed by atoms with Gasteiger partial charge >= 0.3 is 6.18 Å². The predicted molar refractivity (Wildman–Crippen MR) is 66.0 cm³/mol. The van der Waals surface area contributed by atoms with Gasteiger partial charge in [-0.25, -0.2) is 4.39 Å². The highest BCUT2D eigenvalue weighted by molar-refractivity contribution is 8.13. The molecule has 0 radical (unpaired) electrons. The van der Waals surface area contributed by atoms with E-state index in [0.717, 1.165) is 23.9 Å². The highest BCUT2D eigenvalue weighted by Crippen LogP contribution is 2.31. The molecular weight excluding hydrogens is 280 g/mol. The molecule has 0 aliphatic heterocycles. The van der Waals surface area contributed by atoms with Crippen molar-refractivity contribution >= 4 is 16.9 Å². The second-order valence-electron chi connectivity index (χ2n) is 3.58. The van der Waals surface area contributed by atoms with Crippen LogP contribution < -0.4 is 0 Å². The van der Waals surface area contributed by atoms with Gasteiger partial charge in [-0.1, -0.05) is 23.6 Å². The monoisotopic (exact) mass is 290 g/mol. The van der Waals surface area contributed by atoms with Gasteiger partial charge < -0.3 is 0 Å². The Balaban J connectivity index is 2.69. The van der Waals surface area contributed by atoms with Crippen LogP contribution in [0.25, 0.3) is 0 Å². The van der Waals surface area contributed by atoms with Crippen LogP contribution in [0.1, 0.15) is 24.5 Å². The molecule has 1 rings (SSSR count). The molecule has 1 aromatic carbocycles. The van der Waals surface area contributed by atoms with Crippen LogP contribution in [0.5, 0.6) is 0 Å². The Hall–Kier alpha value is -1.48. The average Bonchev–Trinajstić information content (AvgIpc) is 2.26. The lowest BCUT2D eigenvalue weighted by atomic mass is 10.1. The van der Waals surface area contributed by atoms with Crippen LogP contribution in [0.15, 0.2) is 18.2 Å². The van der Waals surface area contributed by atoms with E-state index in [1.54, 1.807) is 0 Å². The number of carbonyl (C=O) groups is 1. The number of hydrogen-bond donors (Lipinski definition) is 0. The number of halogens is 4. The third-order valence-electron chi connectivity index (χ3n) is 2.04. The summed E-state index contributed by atoms with van der Waals surface area (Å²) in [5.41, 5.74) is -1.12. The van der Waals surface area contributed by atoms with Crippen molar-refractivity contribution in [1.29, 1.82) is 0 Å². The Morgan fingerprint density at radius 3 is 2.58 bits per heavy atom. The van der Waals surface area contributed by atoms with Gasteiger partial charge in [0.2, 0.25) is 0 Å². The number of alkyl halides is 3. The second kappa shape index (κ2) is 6.62. The lowest BCUT2D eigenvalue weighted by molar-refractivity contribution is -0.140. The number of hydrogen-bond acceptors (Lipinski definition) is 2. The van der Waals surface area contributed by atoms with Gasteiger partial charge in [-0.3, -0.25) is 4.79 Å². The Kier molecular flexibility index (Phi) is 5.43. The Morgan fingerprint density at radius 1 is 1.37 bits per heavy atom. The maximum Gasteiger partial charge on any atom is 0.419 e. The molecule has 1 aromatic rings. The van der Waals surface area contributed by atoms with Gasteiger partial charge in [-0.15, -0.1) is 0 Å². The molecule has 6 heteroatoms. The maximum atomic E-state index is 13.2. The fourth-order valence-corrected chi connectivity index (χ4v) is 1.72. The quantitative estimate of drug-likeness (QED) is 0.467. The minimum absolute atomic E-state index is 0.0256. The van der Waals surface area contributed by atoms with Crippen LogP contribution in [0.4, 0.5) is 17.6 Å².